The van der Waals surface area contributed by atoms with Gasteiger partial charge in [-0.05, 0) is 24.1 Å². The zero-order chi connectivity index (χ0) is 20.6. The third kappa shape index (κ3) is 3.76. The van der Waals surface area contributed by atoms with Crippen LogP contribution < -0.4 is 0 Å². The summed E-state index contributed by atoms with van der Waals surface area (Å²) in [7, 11) is 3.60. The highest BCUT2D eigenvalue weighted by Crippen LogP contribution is 2.44. The quantitative estimate of drug-likeness (QED) is 0.741. The molecule has 2 fully saturated rings. The van der Waals surface area contributed by atoms with Crippen molar-refractivity contribution < 1.29 is 9.59 Å². The highest BCUT2D eigenvalue weighted by molar-refractivity contribution is 5.86. The van der Waals surface area contributed by atoms with E-state index in [4.69, 9.17) is 0 Å². The summed E-state index contributed by atoms with van der Waals surface area (Å²) in [6, 6.07) is 3.99. The molecule has 2 aromatic rings. The lowest BCUT2D eigenvalue weighted by Gasteiger charge is -2.31. The van der Waals surface area contributed by atoms with Gasteiger partial charge in [0.1, 0.15) is 6.54 Å². The van der Waals surface area contributed by atoms with Crippen LogP contribution in [-0.4, -0.2) is 81.6 Å². The van der Waals surface area contributed by atoms with Crippen molar-refractivity contribution >= 4 is 11.8 Å². The van der Waals surface area contributed by atoms with Gasteiger partial charge in [0.25, 0.3) is 0 Å². The van der Waals surface area contributed by atoms with Gasteiger partial charge in [0.2, 0.25) is 11.8 Å². The first kappa shape index (κ1) is 19.6. The Morgan fingerprint density at radius 1 is 1.24 bits per heavy atom. The van der Waals surface area contributed by atoms with Gasteiger partial charge in [-0.2, -0.15) is 5.10 Å². The molecule has 0 aliphatic carbocycles. The molecule has 8 nitrogen and oxygen atoms in total. The Kier molecular flexibility index (Phi) is 5.12. The van der Waals surface area contributed by atoms with E-state index in [1.807, 2.05) is 30.3 Å². The summed E-state index contributed by atoms with van der Waals surface area (Å²) in [6.45, 7) is 5.49. The number of amides is 2. The van der Waals surface area contributed by atoms with Crippen molar-refractivity contribution in [1.29, 1.82) is 0 Å². The summed E-state index contributed by atoms with van der Waals surface area (Å²) in [5.41, 5.74) is 1.63. The van der Waals surface area contributed by atoms with Gasteiger partial charge < -0.3 is 9.80 Å². The topological polar surface area (TPSA) is 74.6 Å². The molecule has 4 heterocycles. The second-order valence-corrected chi connectivity index (χ2v) is 8.57. The predicted octanol–water partition coefficient (Wildman–Crippen LogP) is 0.635. The van der Waals surface area contributed by atoms with Crippen LogP contribution in [0.5, 0.6) is 0 Å². The van der Waals surface area contributed by atoms with Crippen LogP contribution in [0.15, 0.2) is 36.9 Å². The molecule has 0 aromatic carbocycles. The van der Waals surface area contributed by atoms with Crippen LogP contribution in [-0.2, 0) is 22.7 Å². The molecule has 0 N–H and O–H groups in total. The second-order valence-electron chi connectivity index (χ2n) is 8.57. The largest absolute Gasteiger partial charge is 0.348 e. The van der Waals surface area contributed by atoms with Crippen LogP contribution in [0.4, 0.5) is 0 Å². The van der Waals surface area contributed by atoms with E-state index in [0.29, 0.717) is 19.6 Å². The van der Waals surface area contributed by atoms with E-state index in [1.165, 1.54) is 0 Å². The Morgan fingerprint density at radius 2 is 2.07 bits per heavy atom. The number of rotatable bonds is 5. The van der Waals surface area contributed by atoms with Crippen molar-refractivity contribution in [2.24, 2.45) is 11.3 Å². The smallest absolute Gasteiger partial charge is 0.244 e. The number of carbonyl (C=O) groups is 2. The third-order valence-electron chi connectivity index (χ3n) is 6.05. The van der Waals surface area contributed by atoms with Crippen molar-refractivity contribution in [3.8, 4) is 0 Å². The summed E-state index contributed by atoms with van der Waals surface area (Å²) < 4.78 is 1.67. The highest BCUT2D eigenvalue weighted by Gasteiger charge is 2.58. The molecule has 0 radical (unpaired) electrons. The molecule has 4 rings (SSSR count). The van der Waals surface area contributed by atoms with E-state index in [2.05, 4.69) is 21.0 Å². The molecule has 2 amide bonds. The van der Waals surface area contributed by atoms with Crippen molar-refractivity contribution in [3.63, 3.8) is 0 Å². The zero-order valence-corrected chi connectivity index (χ0v) is 17.3. The maximum Gasteiger partial charge on any atom is 0.244 e. The fourth-order valence-corrected chi connectivity index (χ4v) is 4.77. The van der Waals surface area contributed by atoms with Crippen molar-refractivity contribution in [1.82, 2.24) is 29.5 Å². The van der Waals surface area contributed by atoms with Gasteiger partial charge in [-0.1, -0.05) is 6.07 Å². The Labute approximate surface area is 171 Å². The molecule has 29 heavy (non-hydrogen) atoms. The number of aromatic nitrogens is 3. The molecule has 8 heteroatoms. The van der Waals surface area contributed by atoms with E-state index in [0.717, 1.165) is 24.2 Å². The van der Waals surface area contributed by atoms with Gasteiger partial charge in [0.15, 0.2) is 0 Å². The van der Waals surface area contributed by atoms with Crippen molar-refractivity contribution in [3.05, 3.63) is 48.0 Å². The van der Waals surface area contributed by atoms with Crippen molar-refractivity contribution in [2.45, 2.75) is 20.0 Å². The zero-order valence-electron chi connectivity index (χ0n) is 17.3. The van der Waals surface area contributed by atoms with Gasteiger partial charge in [-0.3, -0.25) is 24.2 Å². The SMILES string of the molecule is Cc1cnn(CC(=O)N2CC3CN(Cc4cccnc4)CC3(C(=O)N(C)C)C2)c1. The molecule has 2 unspecified atom stereocenters. The van der Waals surface area contributed by atoms with Crippen molar-refractivity contribution in [2.75, 3.05) is 40.3 Å². The molecule has 0 spiro atoms. The molecular weight excluding hydrogens is 368 g/mol. The first-order valence-corrected chi connectivity index (χ1v) is 9.97. The van der Waals surface area contributed by atoms with Crippen LogP contribution in [0.2, 0.25) is 0 Å². The normalized spacial score (nSPS) is 24.0. The van der Waals surface area contributed by atoms with Crippen LogP contribution in [0.3, 0.4) is 0 Å². The van der Waals surface area contributed by atoms with Crippen LogP contribution >= 0.6 is 0 Å². The molecule has 2 atom stereocenters. The number of aryl methyl sites for hydroxylation is 1. The minimum atomic E-state index is -0.540. The number of hydrogen-bond acceptors (Lipinski definition) is 5. The Morgan fingerprint density at radius 3 is 2.72 bits per heavy atom. The summed E-state index contributed by atoms with van der Waals surface area (Å²) in [5.74, 6) is 0.269. The lowest BCUT2D eigenvalue weighted by atomic mass is 9.80. The molecule has 2 aliphatic heterocycles. The number of nitrogens with zero attached hydrogens (tertiary/aromatic N) is 6. The standard InChI is InChI=1S/C21H28N6O2/c1-16-7-23-27(9-16)13-19(28)26-12-18-11-25(10-17-5-4-6-22-8-17)14-21(18,15-26)20(29)24(2)3/h4-9,18H,10-15H2,1-3H3. The fourth-order valence-electron chi connectivity index (χ4n) is 4.77. The van der Waals surface area contributed by atoms with Crippen LogP contribution in [0.25, 0.3) is 0 Å². The van der Waals surface area contributed by atoms with E-state index >= 15 is 0 Å². The van der Waals surface area contributed by atoms with Gasteiger partial charge >= 0.3 is 0 Å². The number of hydrogen-bond donors (Lipinski definition) is 0. The average Bonchev–Trinajstić information content (AvgIpc) is 3.34. The van der Waals surface area contributed by atoms with E-state index in [-0.39, 0.29) is 24.3 Å². The Balaban J connectivity index is 1.49. The van der Waals surface area contributed by atoms with Gasteiger partial charge in [0, 0.05) is 71.3 Å². The molecule has 0 bridgehead atoms. The fraction of sp³-hybridized carbons (Fsp3) is 0.524. The Hall–Kier alpha value is -2.74. The molecule has 154 valence electrons. The van der Waals surface area contributed by atoms with E-state index in [9.17, 15) is 9.59 Å². The Bertz CT molecular complexity index is 896. The summed E-state index contributed by atoms with van der Waals surface area (Å²) in [6.07, 6.45) is 7.25. The minimum Gasteiger partial charge on any atom is -0.348 e. The summed E-state index contributed by atoms with van der Waals surface area (Å²) >= 11 is 0. The number of carbonyl (C=O) groups excluding carboxylic acids is 2. The van der Waals surface area contributed by atoms with Gasteiger partial charge in [-0.15, -0.1) is 0 Å². The minimum absolute atomic E-state index is 0.0206. The molecular formula is C21H28N6O2. The predicted molar refractivity (Wildman–Crippen MR) is 108 cm³/mol. The first-order valence-electron chi connectivity index (χ1n) is 9.97. The summed E-state index contributed by atoms with van der Waals surface area (Å²) in [5, 5.41) is 4.22. The van der Waals surface area contributed by atoms with Crippen LogP contribution in [0, 0.1) is 18.3 Å². The average molecular weight is 396 g/mol. The third-order valence-corrected chi connectivity index (χ3v) is 6.05. The highest BCUT2D eigenvalue weighted by atomic mass is 16.2. The van der Waals surface area contributed by atoms with E-state index < -0.39 is 5.41 Å². The summed E-state index contributed by atoms with van der Waals surface area (Å²) in [4.78, 5) is 36.1. The molecule has 2 aliphatic rings. The van der Waals surface area contributed by atoms with Gasteiger partial charge in [0.05, 0.1) is 11.6 Å². The molecule has 2 saturated heterocycles. The number of likely N-dealkylation sites (tertiary alicyclic amines) is 2. The van der Waals surface area contributed by atoms with Gasteiger partial charge in [-0.25, -0.2) is 0 Å². The monoisotopic (exact) mass is 396 g/mol. The number of fused-ring (bicyclic) bond motifs is 1. The maximum atomic E-state index is 13.2. The lowest BCUT2D eigenvalue weighted by molar-refractivity contribution is -0.140. The van der Waals surface area contributed by atoms with E-state index in [1.54, 1.807) is 36.1 Å². The lowest BCUT2D eigenvalue weighted by Crippen LogP contribution is -2.47. The molecule has 0 saturated carbocycles. The number of pyridine rings is 1. The second kappa shape index (κ2) is 7.59. The maximum absolute atomic E-state index is 13.2. The van der Waals surface area contributed by atoms with Crippen LogP contribution in [0.1, 0.15) is 11.1 Å². The molecule has 2 aromatic heterocycles. The first-order chi connectivity index (χ1) is 13.9.